The second-order valence-corrected chi connectivity index (χ2v) is 9.37. The van der Waals surface area contributed by atoms with E-state index in [1.54, 1.807) is 0 Å². The summed E-state index contributed by atoms with van der Waals surface area (Å²) in [5.41, 5.74) is -0.658. The summed E-state index contributed by atoms with van der Waals surface area (Å²) in [6, 6.07) is 9.80. The summed E-state index contributed by atoms with van der Waals surface area (Å²) in [6.45, 7) is 0. The van der Waals surface area contributed by atoms with E-state index in [4.69, 9.17) is 44.9 Å². The number of anilines is 1. The number of carbonyl (C=O) groups is 2. The third-order valence-electron chi connectivity index (χ3n) is 4.69. The van der Waals surface area contributed by atoms with Crippen molar-refractivity contribution in [1.29, 1.82) is 0 Å². The molecule has 1 aliphatic heterocycles. The number of hydrogen-bond acceptors (Lipinski definition) is 5. The van der Waals surface area contributed by atoms with Gasteiger partial charge in [-0.3, -0.25) is 9.69 Å². The minimum Gasteiger partial charge on any atom is -0.478 e. The molecule has 0 aliphatic carbocycles. The molecule has 3 aromatic rings. The van der Waals surface area contributed by atoms with Crippen LogP contribution in [-0.2, 0) is 11.0 Å². The van der Waals surface area contributed by atoms with Gasteiger partial charge < -0.3 is 9.52 Å². The number of nitrogens with zero attached hydrogens (tertiary/aromatic N) is 1. The molecule has 174 valence electrons. The van der Waals surface area contributed by atoms with Crippen LogP contribution in [0.4, 0.5) is 18.9 Å². The van der Waals surface area contributed by atoms with Crippen molar-refractivity contribution in [2.45, 2.75) is 6.18 Å². The Morgan fingerprint density at radius 2 is 1.82 bits per heavy atom. The predicted octanol–water partition coefficient (Wildman–Crippen LogP) is 7.38. The Kier molecular flexibility index (Phi) is 6.52. The summed E-state index contributed by atoms with van der Waals surface area (Å²) in [7, 11) is 0. The lowest BCUT2D eigenvalue weighted by molar-refractivity contribution is -0.137. The lowest BCUT2D eigenvalue weighted by Crippen LogP contribution is -2.27. The van der Waals surface area contributed by atoms with Gasteiger partial charge in [0.1, 0.15) is 11.5 Å². The fourth-order valence-electron chi connectivity index (χ4n) is 3.10. The number of rotatable bonds is 4. The number of benzene rings is 2. The zero-order chi connectivity index (χ0) is 24.8. The number of carboxylic acid groups (broad SMARTS) is 1. The summed E-state index contributed by atoms with van der Waals surface area (Å²) < 4.78 is 45.0. The fourth-order valence-corrected chi connectivity index (χ4v) is 4.85. The molecular formula is C22H10Cl2F3NO4S2. The number of alkyl halides is 3. The molecule has 4 rings (SSSR count). The third kappa shape index (κ3) is 4.72. The Labute approximate surface area is 209 Å². The van der Waals surface area contributed by atoms with Gasteiger partial charge in [0.15, 0.2) is 4.32 Å². The summed E-state index contributed by atoms with van der Waals surface area (Å²) in [4.78, 5) is 25.5. The van der Waals surface area contributed by atoms with Crippen molar-refractivity contribution in [1.82, 2.24) is 0 Å². The van der Waals surface area contributed by atoms with E-state index in [2.05, 4.69) is 0 Å². The van der Waals surface area contributed by atoms with E-state index in [9.17, 15) is 22.8 Å². The van der Waals surface area contributed by atoms with Gasteiger partial charge in [-0.2, -0.15) is 13.2 Å². The Balaban J connectivity index is 1.62. The summed E-state index contributed by atoms with van der Waals surface area (Å²) in [5, 5.41) is 9.12. The van der Waals surface area contributed by atoms with Crippen molar-refractivity contribution >= 4 is 75.1 Å². The molecule has 0 bridgehead atoms. The molecule has 1 amide bonds. The van der Waals surface area contributed by atoms with Crippen LogP contribution < -0.4 is 4.90 Å². The first-order valence-electron chi connectivity index (χ1n) is 9.23. The molecule has 2 aromatic carbocycles. The molecular weight excluding hydrogens is 534 g/mol. The summed E-state index contributed by atoms with van der Waals surface area (Å²) in [5.74, 6) is -1.42. The van der Waals surface area contributed by atoms with Crippen LogP contribution in [0.1, 0.15) is 21.7 Å². The Morgan fingerprint density at radius 1 is 1.09 bits per heavy atom. The number of hydrogen-bond donors (Lipinski definition) is 1. The largest absolute Gasteiger partial charge is 0.478 e. The van der Waals surface area contributed by atoms with Gasteiger partial charge in [-0.25, -0.2) is 4.79 Å². The van der Waals surface area contributed by atoms with Crippen LogP contribution in [0.2, 0.25) is 10.0 Å². The van der Waals surface area contributed by atoms with E-state index in [0.717, 1.165) is 30.0 Å². The van der Waals surface area contributed by atoms with Crippen molar-refractivity contribution in [3.8, 4) is 11.3 Å². The van der Waals surface area contributed by atoms with Gasteiger partial charge >= 0.3 is 12.1 Å². The second-order valence-electron chi connectivity index (χ2n) is 6.88. The highest BCUT2D eigenvalue weighted by Gasteiger charge is 2.34. The number of halogens is 5. The van der Waals surface area contributed by atoms with E-state index >= 15 is 0 Å². The fraction of sp³-hybridized carbons (Fsp3) is 0.0455. The minimum absolute atomic E-state index is 0.0526. The van der Waals surface area contributed by atoms with E-state index in [0.29, 0.717) is 0 Å². The molecule has 12 heteroatoms. The van der Waals surface area contributed by atoms with Crippen LogP contribution in [0.5, 0.6) is 0 Å². The molecule has 0 unspecified atom stereocenters. The van der Waals surface area contributed by atoms with E-state index in [1.807, 2.05) is 0 Å². The molecule has 0 radical (unpaired) electrons. The van der Waals surface area contributed by atoms with E-state index in [1.165, 1.54) is 41.3 Å². The van der Waals surface area contributed by atoms with Gasteiger partial charge in [0.25, 0.3) is 5.91 Å². The molecule has 0 atom stereocenters. The van der Waals surface area contributed by atoms with Crippen molar-refractivity contribution < 1.29 is 32.3 Å². The number of thioether (sulfide) groups is 1. The maximum Gasteiger partial charge on any atom is 0.416 e. The van der Waals surface area contributed by atoms with Crippen LogP contribution >= 0.6 is 47.2 Å². The quantitative estimate of drug-likeness (QED) is 0.273. The number of thiocarbonyl (C=S) groups is 1. The number of carboxylic acids is 1. The minimum atomic E-state index is -4.55. The Hall–Kier alpha value is -2.79. The van der Waals surface area contributed by atoms with Gasteiger partial charge in [0, 0.05) is 11.6 Å². The molecule has 1 aromatic heterocycles. The van der Waals surface area contributed by atoms with Crippen LogP contribution in [-0.4, -0.2) is 21.3 Å². The van der Waals surface area contributed by atoms with Crippen molar-refractivity contribution in [3.05, 3.63) is 80.4 Å². The van der Waals surface area contributed by atoms with Crippen LogP contribution in [0.3, 0.4) is 0 Å². The number of carbonyl (C=O) groups excluding carboxylic acids is 1. The van der Waals surface area contributed by atoms with Gasteiger partial charge in [0.2, 0.25) is 0 Å². The molecule has 1 aliphatic rings. The molecule has 0 saturated carbocycles. The molecule has 1 saturated heterocycles. The van der Waals surface area contributed by atoms with E-state index in [-0.39, 0.29) is 47.6 Å². The summed E-state index contributed by atoms with van der Waals surface area (Å²) in [6.07, 6.45) is -3.15. The number of amides is 1. The molecule has 1 N–H and O–H groups in total. The smallest absolute Gasteiger partial charge is 0.416 e. The monoisotopic (exact) mass is 543 g/mol. The zero-order valence-corrected chi connectivity index (χ0v) is 19.7. The average molecular weight is 544 g/mol. The first kappa shape index (κ1) is 24.3. The highest BCUT2D eigenvalue weighted by molar-refractivity contribution is 8.27. The normalized spacial score (nSPS) is 15.4. The number of furan rings is 1. The van der Waals surface area contributed by atoms with Crippen molar-refractivity contribution in [2.75, 3.05) is 4.90 Å². The number of aromatic carboxylic acids is 1. The predicted molar refractivity (Wildman–Crippen MR) is 128 cm³/mol. The molecule has 0 spiro atoms. The first-order valence-corrected chi connectivity index (χ1v) is 11.2. The van der Waals surface area contributed by atoms with Crippen LogP contribution in [0.25, 0.3) is 17.4 Å². The molecule has 5 nitrogen and oxygen atoms in total. The lowest BCUT2D eigenvalue weighted by atomic mass is 10.1. The van der Waals surface area contributed by atoms with Crippen molar-refractivity contribution in [3.63, 3.8) is 0 Å². The Morgan fingerprint density at radius 3 is 2.47 bits per heavy atom. The van der Waals surface area contributed by atoms with E-state index < -0.39 is 23.6 Å². The Bertz CT molecular complexity index is 1380. The average Bonchev–Trinajstić information content (AvgIpc) is 3.31. The SMILES string of the molecule is O=C(O)c1ccc(N2C(=O)C(=Cc3ccc(-c4cc(C(F)(F)F)ccc4Cl)o3)SC2=S)cc1Cl. The van der Waals surface area contributed by atoms with Gasteiger partial charge in [-0.1, -0.05) is 47.2 Å². The van der Waals surface area contributed by atoms with Gasteiger partial charge in [0.05, 0.1) is 31.8 Å². The first-order chi connectivity index (χ1) is 16.0. The highest BCUT2D eigenvalue weighted by atomic mass is 35.5. The van der Waals surface area contributed by atoms with Gasteiger partial charge in [-0.15, -0.1) is 0 Å². The van der Waals surface area contributed by atoms with Crippen LogP contribution in [0, 0.1) is 0 Å². The topological polar surface area (TPSA) is 70.8 Å². The lowest BCUT2D eigenvalue weighted by Gasteiger charge is -2.15. The highest BCUT2D eigenvalue weighted by Crippen LogP contribution is 2.39. The van der Waals surface area contributed by atoms with Crippen LogP contribution in [0.15, 0.2) is 57.9 Å². The molecule has 2 heterocycles. The maximum absolute atomic E-state index is 13.1. The van der Waals surface area contributed by atoms with Gasteiger partial charge in [-0.05, 0) is 48.5 Å². The standard InChI is InChI=1S/C22H10Cl2F3NO4S2/c23-15-5-1-10(22(25,26)27)7-14(15)17-6-3-12(32-17)9-18-19(29)28(21(33)34-18)11-2-4-13(20(30)31)16(24)8-11/h1-9H,(H,30,31). The van der Waals surface area contributed by atoms with Crippen molar-refractivity contribution in [2.24, 2.45) is 0 Å². The zero-order valence-electron chi connectivity index (χ0n) is 16.5. The maximum atomic E-state index is 13.1. The third-order valence-corrected chi connectivity index (χ3v) is 6.64. The molecule has 34 heavy (non-hydrogen) atoms. The summed E-state index contributed by atoms with van der Waals surface area (Å²) >= 11 is 18.3. The molecule has 1 fully saturated rings. The second kappa shape index (κ2) is 9.10.